The summed E-state index contributed by atoms with van der Waals surface area (Å²) in [7, 11) is 0. The molecular formula is C23H25ClFN9O7P2S2. The number of thiol groups is 2. The zero-order valence-electron chi connectivity index (χ0n) is 22.9. The highest BCUT2D eigenvalue weighted by atomic mass is 35.5. The molecule has 2 fully saturated rings. The third kappa shape index (κ3) is 6.27. The van der Waals surface area contributed by atoms with Crippen LogP contribution in [0.15, 0.2) is 37.7 Å². The second kappa shape index (κ2) is 12.1. The monoisotopic (exact) mass is 719 g/mol. The van der Waals surface area contributed by atoms with Crippen molar-refractivity contribution < 1.29 is 36.7 Å². The van der Waals surface area contributed by atoms with E-state index < -0.39 is 32.1 Å². The van der Waals surface area contributed by atoms with E-state index in [0.29, 0.717) is 34.4 Å². The van der Waals surface area contributed by atoms with Gasteiger partial charge in [0.2, 0.25) is 0 Å². The smallest absolute Gasteiger partial charge is 0.349 e. The van der Waals surface area contributed by atoms with Gasteiger partial charge in [-0.3, -0.25) is 13.5 Å². The molecule has 0 aromatic carbocycles. The van der Waals surface area contributed by atoms with Crippen LogP contribution >= 0.6 is 49.7 Å². The van der Waals surface area contributed by atoms with E-state index in [1.807, 2.05) is 0 Å². The highest BCUT2D eigenvalue weighted by Crippen LogP contribution is 2.57. The number of rotatable bonds is 11. The molecule has 0 bridgehead atoms. The molecule has 240 valence electrons. The third-order valence-electron chi connectivity index (χ3n) is 7.98. The SMILES string of the molecule is O=P(O)(S)OC[C@H]1C[C@@H](n2cnc3c(Cl)ncnc32)[C@@H]1COP(=O)(S)OC[C@@H]1C[C@@H](F)[C@H](n2cnc3c2ncn2ccnc32)O1. The quantitative estimate of drug-likeness (QED) is 0.0987. The molecule has 1 saturated carbocycles. The number of hydrogen-bond donors (Lipinski definition) is 3. The fourth-order valence-corrected chi connectivity index (χ4v) is 7.73. The van der Waals surface area contributed by atoms with Gasteiger partial charge in [-0.1, -0.05) is 36.1 Å². The number of alkyl halides is 1. The zero-order valence-corrected chi connectivity index (χ0v) is 27.3. The summed E-state index contributed by atoms with van der Waals surface area (Å²) >= 11 is 13.9. The normalized spacial score (nSPS) is 28.0. The summed E-state index contributed by atoms with van der Waals surface area (Å²) in [5, 5.41) is 0.190. The van der Waals surface area contributed by atoms with Crippen molar-refractivity contribution in [2.75, 3.05) is 19.8 Å². The molecule has 0 amide bonds. The summed E-state index contributed by atoms with van der Waals surface area (Å²) in [6.07, 6.45) is 6.50. The maximum Gasteiger partial charge on any atom is 0.386 e. The zero-order chi connectivity index (χ0) is 31.5. The minimum absolute atomic E-state index is 0.0308. The van der Waals surface area contributed by atoms with Crippen LogP contribution < -0.4 is 0 Å². The topological polar surface area (TPSA) is 183 Å². The molecule has 5 aromatic rings. The third-order valence-corrected chi connectivity index (χ3v) is 10.7. The van der Waals surface area contributed by atoms with Crippen LogP contribution in [0.1, 0.15) is 25.1 Å². The molecule has 8 atom stereocenters. The summed E-state index contributed by atoms with van der Waals surface area (Å²) < 4.78 is 67.1. The van der Waals surface area contributed by atoms with Gasteiger partial charge in [-0.15, -0.1) is 0 Å². The van der Waals surface area contributed by atoms with Crippen molar-refractivity contribution >= 4 is 77.7 Å². The lowest BCUT2D eigenvalue weighted by atomic mass is 9.70. The van der Waals surface area contributed by atoms with Gasteiger partial charge in [0.15, 0.2) is 33.8 Å². The minimum Gasteiger partial charge on any atom is -0.349 e. The van der Waals surface area contributed by atoms with Crippen molar-refractivity contribution in [1.29, 1.82) is 0 Å². The Morgan fingerprint density at radius 1 is 0.933 bits per heavy atom. The van der Waals surface area contributed by atoms with E-state index in [4.69, 9.17) is 29.9 Å². The van der Waals surface area contributed by atoms with E-state index >= 15 is 4.39 Å². The fourth-order valence-electron chi connectivity index (χ4n) is 5.78. The van der Waals surface area contributed by atoms with Crippen molar-refractivity contribution in [2.24, 2.45) is 11.8 Å². The van der Waals surface area contributed by atoms with Crippen LogP contribution in [-0.4, -0.2) is 80.4 Å². The Balaban J connectivity index is 0.999. The van der Waals surface area contributed by atoms with Gasteiger partial charge in [0.1, 0.15) is 24.3 Å². The van der Waals surface area contributed by atoms with Gasteiger partial charge in [-0.2, -0.15) is 0 Å². The Bertz CT molecular complexity index is 1980. The first-order valence-electron chi connectivity index (χ1n) is 13.6. The number of fused-ring (bicyclic) bond motifs is 4. The molecule has 1 aliphatic heterocycles. The molecule has 1 N–H and O–H groups in total. The first kappa shape index (κ1) is 31.4. The standard InChI is InChI=1S/C23H25ClFN9O7P2S2/c24-19-17-21(28-8-27-19)33(10-29-17)16-3-12(5-38-42(35,36)44)14(16)7-40-43(37,45)39-6-13-4-15(25)23(41-13)34-11-30-18-20-26-1-2-32(20)9-31-22(18)34/h1-2,8-16,23H,3-7H2,(H,37,45)(H2,35,36,44)/t12-,13+,14-,15-,16-,23-,43?/m1/s1. The molecule has 2 unspecified atom stereocenters. The summed E-state index contributed by atoms with van der Waals surface area (Å²) in [6.45, 7) is -8.45. The van der Waals surface area contributed by atoms with E-state index in [9.17, 15) is 14.0 Å². The molecule has 6 heterocycles. The van der Waals surface area contributed by atoms with Crippen LogP contribution in [0, 0.1) is 11.8 Å². The van der Waals surface area contributed by atoms with E-state index in [1.54, 1.807) is 34.0 Å². The lowest BCUT2D eigenvalue weighted by Gasteiger charge is -2.45. The van der Waals surface area contributed by atoms with Crippen LogP contribution in [0.3, 0.4) is 0 Å². The van der Waals surface area contributed by atoms with Gasteiger partial charge in [-0.25, -0.2) is 43.4 Å². The van der Waals surface area contributed by atoms with Crippen molar-refractivity contribution in [2.45, 2.75) is 37.4 Å². The molecule has 16 nitrogen and oxygen atoms in total. The van der Waals surface area contributed by atoms with Crippen LogP contribution in [-0.2, 0) is 27.4 Å². The van der Waals surface area contributed by atoms with Crippen LogP contribution in [0.5, 0.6) is 0 Å². The average molecular weight is 720 g/mol. The number of hydrogen-bond acceptors (Lipinski definition) is 12. The van der Waals surface area contributed by atoms with E-state index in [2.05, 4.69) is 54.4 Å². The predicted octanol–water partition coefficient (Wildman–Crippen LogP) is 4.49. The largest absolute Gasteiger partial charge is 0.386 e. The van der Waals surface area contributed by atoms with Gasteiger partial charge in [0.05, 0.1) is 38.6 Å². The fraction of sp³-hybridized carbons (Fsp3) is 0.478. The summed E-state index contributed by atoms with van der Waals surface area (Å²) in [5.41, 5.74) is 2.39. The molecule has 1 saturated heterocycles. The van der Waals surface area contributed by atoms with Crippen LogP contribution in [0.4, 0.5) is 4.39 Å². The molecule has 7 rings (SSSR count). The molecule has 0 spiro atoms. The van der Waals surface area contributed by atoms with Crippen molar-refractivity contribution in [1.82, 2.24) is 43.4 Å². The number of aromatic nitrogens is 9. The first-order chi connectivity index (χ1) is 21.5. The summed E-state index contributed by atoms with van der Waals surface area (Å²) in [5.74, 6) is -0.634. The Hall–Kier alpha value is -2.18. The molecule has 1 aliphatic carbocycles. The van der Waals surface area contributed by atoms with E-state index in [-0.39, 0.29) is 49.3 Å². The Kier molecular flexibility index (Phi) is 8.46. The maximum atomic E-state index is 15.1. The van der Waals surface area contributed by atoms with E-state index in [1.165, 1.54) is 17.2 Å². The Labute approximate surface area is 269 Å². The van der Waals surface area contributed by atoms with Gasteiger partial charge in [-0.05, 0) is 12.3 Å². The van der Waals surface area contributed by atoms with E-state index in [0.717, 1.165) is 0 Å². The minimum atomic E-state index is -4.03. The van der Waals surface area contributed by atoms with Crippen molar-refractivity contribution in [3.8, 4) is 0 Å². The summed E-state index contributed by atoms with van der Waals surface area (Å²) in [6, 6.07) is -0.256. The van der Waals surface area contributed by atoms with Gasteiger partial charge in [0.25, 0.3) is 0 Å². The lowest BCUT2D eigenvalue weighted by Crippen LogP contribution is -2.43. The number of halogens is 2. The van der Waals surface area contributed by atoms with Crippen molar-refractivity contribution in [3.05, 3.63) is 42.9 Å². The van der Waals surface area contributed by atoms with Crippen LogP contribution in [0.2, 0.25) is 5.15 Å². The molecule has 22 heteroatoms. The van der Waals surface area contributed by atoms with Gasteiger partial charge in [0, 0.05) is 30.8 Å². The predicted molar refractivity (Wildman–Crippen MR) is 164 cm³/mol. The van der Waals surface area contributed by atoms with Gasteiger partial charge < -0.3 is 23.2 Å². The second-order valence-electron chi connectivity index (χ2n) is 10.7. The average Bonchev–Trinajstić information content (AvgIpc) is 3.76. The maximum absolute atomic E-state index is 15.1. The van der Waals surface area contributed by atoms with Crippen LogP contribution in [0.25, 0.3) is 28.0 Å². The Morgan fingerprint density at radius 2 is 1.69 bits per heavy atom. The highest BCUT2D eigenvalue weighted by Gasteiger charge is 2.45. The first-order valence-corrected chi connectivity index (χ1v) is 19.4. The Morgan fingerprint density at radius 3 is 2.51 bits per heavy atom. The van der Waals surface area contributed by atoms with Crippen molar-refractivity contribution in [3.63, 3.8) is 0 Å². The lowest BCUT2D eigenvalue weighted by molar-refractivity contribution is -0.0346. The number of ether oxygens (including phenoxy) is 1. The molecule has 5 aromatic heterocycles. The van der Waals surface area contributed by atoms with Gasteiger partial charge >= 0.3 is 13.6 Å². The number of imidazole rings is 3. The highest BCUT2D eigenvalue weighted by molar-refractivity contribution is 8.44. The number of nitrogens with zero attached hydrogens (tertiary/aromatic N) is 9. The molecule has 0 radical (unpaired) electrons. The molecular weight excluding hydrogens is 695 g/mol. The summed E-state index contributed by atoms with van der Waals surface area (Å²) in [4.78, 5) is 35.0. The molecule has 2 aliphatic rings. The second-order valence-corrected chi connectivity index (χ2v) is 16.7. The molecule has 45 heavy (non-hydrogen) atoms.